The van der Waals surface area contributed by atoms with E-state index in [2.05, 4.69) is 42.0 Å². The number of thiophene rings is 1. The van der Waals surface area contributed by atoms with E-state index in [9.17, 15) is 4.79 Å². The maximum absolute atomic E-state index is 12.7. The lowest BCUT2D eigenvalue weighted by atomic mass is 10.2. The van der Waals surface area contributed by atoms with E-state index in [1.807, 2.05) is 24.3 Å². The third kappa shape index (κ3) is 4.05. The predicted molar refractivity (Wildman–Crippen MR) is 107 cm³/mol. The minimum atomic E-state index is -0.00700. The van der Waals surface area contributed by atoms with Crippen molar-refractivity contribution in [3.8, 4) is 0 Å². The van der Waals surface area contributed by atoms with Crippen LogP contribution in [0.2, 0.25) is 0 Å². The SMILES string of the molecule is CCc1cc(C(=O)Nc2ccccc2N2CCN(CC)CC2)sc1C. The maximum Gasteiger partial charge on any atom is 0.265 e. The quantitative estimate of drug-likeness (QED) is 0.878. The van der Waals surface area contributed by atoms with Gasteiger partial charge in [0.15, 0.2) is 0 Å². The van der Waals surface area contributed by atoms with Gasteiger partial charge >= 0.3 is 0 Å². The Morgan fingerprint density at radius 2 is 1.88 bits per heavy atom. The summed E-state index contributed by atoms with van der Waals surface area (Å²) >= 11 is 1.58. The number of anilines is 2. The minimum absolute atomic E-state index is 0.00700. The van der Waals surface area contributed by atoms with E-state index in [1.165, 1.54) is 10.4 Å². The molecule has 134 valence electrons. The van der Waals surface area contributed by atoms with E-state index >= 15 is 0 Å². The largest absolute Gasteiger partial charge is 0.367 e. The van der Waals surface area contributed by atoms with Gasteiger partial charge in [0.25, 0.3) is 5.91 Å². The van der Waals surface area contributed by atoms with Crippen LogP contribution in [0, 0.1) is 6.92 Å². The molecule has 3 rings (SSSR count). The fourth-order valence-electron chi connectivity index (χ4n) is 3.33. The molecule has 2 aromatic rings. The number of carbonyl (C=O) groups excluding carboxylic acids is 1. The zero-order chi connectivity index (χ0) is 17.8. The highest BCUT2D eigenvalue weighted by atomic mass is 32.1. The van der Waals surface area contributed by atoms with Crippen LogP contribution >= 0.6 is 11.3 Å². The van der Waals surface area contributed by atoms with Crippen molar-refractivity contribution in [2.24, 2.45) is 0 Å². The monoisotopic (exact) mass is 357 g/mol. The molecule has 4 nitrogen and oxygen atoms in total. The molecule has 1 amide bonds. The molecule has 1 N–H and O–H groups in total. The molecular formula is C20H27N3OS. The van der Waals surface area contributed by atoms with E-state index in [1.54, 1.807) is 11.3 Å². The summed E-state index contributed by atoms with van der Waals surface area (Å²) in [5.74, 6) is -0.00700. The van der Waals surface area contributed by atoms with Gasteiger partial charge in [-0.05, 0) is 43.7 Å². The Kier molecular flexibility index (Phi) is 5.76. The molecule has 1 aliphatic rings. The van der Waals surface area contributed by atoms with Crippen LogP contribution in [0.3, 0.4) is 0 Å². The Labute approximate surface area is 154 Å². The molecule has 0 radical (unpaired) electrons. The fourth-order valence-corrected chi connectivity index (χ4v) is 4.34. The number of piperazine rings is 1. The molecule has 0 spiro atoms. The van der Waals surface area contributed by atoms with E-state index in [4.69, 9.17) is 0 Å². The standard InChI is InChI=1S/C20H27N3OS/c1-4-16-14-19(25-15(16)3)20(24)21-17-8-6-7-9-18(17)23-12-10-22(5-2)11-13-23/h6-9,14H,4-5,10-13H2,1-3H3,(H,21,24). The number of benzene rings is 1. The summed E-state index contributed by atoms with van der Waals surface area (Å²) in [7, 11) is 0. The second-order valence-electron chi connectivity index (χ2n) is 6.44. The molecule has 1 aliphatic heterocycles. The van der Waals surface area contributed by atoms with Crippen molar-refractivity contribution in [1.82, 2.24) is 4.90 Å². The van der Waals surface area contributed by atoms with Crippen molar-refractivity contribution < 1.29 is 4.79 Å². The Bertz CT molecular complexity index is 732. The number of para-hydroxylation sites is 2. The van der Waals surface area contributed by atoms with Gasteiger partial charge in [-0.1, -0.05) is 26.0 Å². The molecule has 0 bridgehead atoms. The van der Waals surface area contributed by atoms with Crippen LogP contribution < -0.4 is 10.2 Å². The summed E-state index contributed by atoms with van der Waals surface area (Å²) < 4.78 is 0. The van der Waals surface area contributed by atoms with Crippen molar-refractivity contribution in [2.45, 2.75) is 27.2 Å². The Morgan fingerprint density at radius 3 is 2.52 bits per heavy atom. The van der Waals surface area contributed by atoms with Crippen LogP contribution in [0.1, 0.15) is 34.0 Å². The van der Waals surface area contributed by atoms with Gasteiger partial charge in [-0.3, -0.25) is 4.79 Å². The van der Waals surface area contributed by atoms with Crippen molar-refractivity contribution >= 4 is 28.6 Å². The zero-order valence-corrected chi connectivity index (χ0v) is 16.2. The third-order valence-electron chi connectivity index (χ3n) is 4.94. The number of rotatable bonds is 5. The van der Waals surface area contributed by atoms with Crippen molar-refractivity contribution in [3.63, 3.8) is 0 Å². The maximum atomic E-state index is 12.7. The minimum Gasteiger partial charge on any atom is -0.367 e. The predicted octanol–water partition coefficient (Wildman–Crippen LogP) is 4.01. The number of carbonyl (C=O) groups is 1. The van der Waals surface area contributed by atoms with E-state index in [0.29, 0.717) is 0 Å². The van der Waals surface area contributed by atoms with Crippen LogP contribution in [0.5, 0.6) is 0 Å². The molecule has 0 unspecified atom stereocenters. The lowest BCUT2D eigenvalue weighted by Crippen LogP contribution is -2.46. The first-order chi connectivity index (χ1) is 12.1. The van der Waals surface area contributed by atoms with Crippen LogP contribution in [0.25, 0.3) is 0 Å². The Morgan fingerprint density at radius 1 is 1.16 bits per heavy atom. The highest BCUT2D eigenvalue weighted by Crippen LogP contribution is 2.28. The topological polar surface area (TPSA) is 35.6 Å². The summed E-state index contributed by atoms with van der Waals surface area (Å²) in [5, 5.41) is 3.13. The summed E-state index contributed by atoms with van der Waals surface area (Å²) in [5.41, 5.74) is 3.29. The van der Waals surface area contributed by atoms with Gasteiger partial charge in [-0.25, -0.2) is 0 Å². The summed E-state index contributed by atoms with van der Waals surface area (Å²) in [4.78, 5) is 19.6. The van der Waals surface area contributed by atoms with Crippen molar-refractivity contribution in [1.29, 1.82) is 0 Å². The first kappa shape index (κ1) is 18.0. The molecule has 0 saturated carbocycles. The number of nitrogens with one attached hydrogen (secondary N) is 1. The smallest absolute Gasteiger partial charge is 0.265 e. The number of likely N-dealkylation sites (N-methyl/N-ethyl adjacent to an activating group) is 1. The van der Waals surface area contributed by atoms with E-state index in [0.717, 1.165) is 55.4 Å². The van der Waals surface area contributed by atoms with Gasteiger partial charge in [0.1, 0.15) is 0 Å². The molecule has 0 atom stereocenters. The highest BCUT2D eigenvalue weighted by molar-refractivity contribution is 7.14. The number of aryl methyl sites for hydroxylation is 2. The summed E-state index contributed by atoms with van der Waals surface area (Å²) in [6.45, 7) is 11.7. The first-order valence-corrected chi connectivity index (χ1v) is 9.91. The average molecular weight is 358 g/mol. The van der Waals surface area contributed by atoms with E-state index in [-0.39, 0.29) is 5.91 Å². The van der Waals surface area contributed by atoms with Gasteiger partial charge < -0.3 is 15.1 Å². The highest BCUT2D eigenvalue weighted by Gasteiger charge is 2.19. The molecule has 1 aromatic heterocycles. The second kappa shape index (κ2) is 8.02. The molecule has 1 saturated heterocycles. The van der Waals surface area contributed by atoms with Crippen LogP contribution in [0.4, 0.5) is 11.4 Å². The van der Waals surface area contributed by atoms with Gasteiger partial charge in [0.2, 0.25) is 0 Å². The number of nitrogens with zero attached hydrogens (tertiary/aromatic N) is 2. The molecule has 5 heteroatoms. The lowest BCUT2D eigenvalue weighted by Gasteiger charge is -2.36. The van der Waals surface area contributed by atoms with Crippen molar-refractivity contribution in [3.05, 3.63) is 45.6 Å². The van der Waals surface area contributed by atoms with Gasteiger partial charge in [-0.2, -0.15) is 0 Å². The zero-order valence-electron chi connectivity index (χ0n) is 15.3. The number of hydrogen-bond donors (Lipinski definition) is 1. The normalized spacial score (nSPS) is 15.4. The Balaban J connectivity index is 1.75. The van der Waals surface area contributed by atoms with Crippen LogP contribution in [0.15, 0.2) is 30.3 Å². The molecule has 0 aliphatic carbocycles. The van der Waals surface area contributed by atoms with Gasteiger partial charge in [0.05, 0.1) is 16.3 Å². The molecule has 1 fully saturated rings. The van der Waals surface area contributed by atoms with Crippen molar-refractivity contribution in [2.75, 3.05) is 42.9 Å². The Hall–Kier alpha value is -1.85. The molecule has 2 heterocycles. The lowest BCUT2D eigenvalue weighted by molar-refractivity contribution is 0.103. The molecule has 1 aromatic carbocycles. The van der Waals surface area contributed by atoms with Crippen LogP contribution in [-0.4, -0.2) is 43.5 Å². The van der Waals surface area contributed by atoms with E-state index < -0.39 is 0 Å². The fraction of sp³-hybridized carbons (Fsp3) is 0.450. The summed E-state index contributed by atoms with van der Waals surface area (Å²) in [6, 6.07) is 10.2. The molecule has 25 heavy (non-hydrogen) atoms. The van der Waals surface area contributed by atoms with Gasteiger partial charge in [0, 0.05) is 31.1 Å². The van der Waals surface area contributed by atoms with Crippen LogP contribution in [-0.2, 0) is 6.42 Å². The average Bonchev–Trinajstić information content (AvgIpc) is 3.03. The van der Waals surface area contributed by atoms with Gasteiger partial charge in [-0.15, -0.1) is 11.3 Å². The molecular weight excluding hydrogens is 330 g/mol. The number of amides is 1. The number of hydrogen-bond acceptors (Lipinski definition) is 4. The second-order valence-corrected chi connectivity index (χ2v) is 7.69. The first-order valence-electron chi connectivity index (χ1n) is 9.09. The summed E-state index contributed by atoms with van der Waals surface area (Å²) in [6.07, 6.45) is 0.966. The third-order valence-corrected chi connectivity index (χ3v) is 6.03.